The van der Waals surface area contributed by atoms with Crippen molar-refractivity contribution in [2.75, 3.05) is 5.32 Å². The molecule has 0 bridgehead atoms. The number of nitrogens with zero attached hydrogens (tertiary/aromatic N) is 1. The lowest BCUT2D eigenvalue weighted by Gasteiger charge is -2.03. The van der Waals surface area contributed by atoms with Gasteiger partial charge in [0.05, 0.1) is 6.21 Å². The Balaban J connectivity index is 1.56. The first-order valence-corrected chi connectivity index (χ1v) is 8.15. The van der Waals surface area contributed by atoms with Gasteiger partial charge < -0.3 is 9.73 Å². The van der Waals surface area contributed by atoms with Crippen LogP contribution in [0.3, 0.4) is 0 Å². The number of carbonyl (C=O) groups is 2. The van der Waals surface area contributed by atoms with Crippen LogP contribution >= 0.6 is 11.6 Å². The smallest absolute Gasteiger partial charge is 0.329 e. The second kappa shape index (κ2) is 8.29. The van der Waals surface area contributed by atoms with Crippen molar-refractivity contribution in [1.82, 2.24) is 5.43 Å². The first kappa shape index (κ1) is 18.3. The Bertz CT molecular complexity index is 999. The molecule has 0 atom stereocenters. The normalized spacial score (nSPS) is 10.7. The maximum atomic E-state index is 12.8. The highest BCUT2D eigenvalue weighted by molar-refractivity contribution is 6.39. The van der Waals surface area contributed by atoms with Gasteiger partial charge in [-0.25, -0.2) is 9.82 Å². The van der Waals surface area contributed by atoms with Crippen LogP contribution in [0.2, 0.25) is 5.02 Å². The molecule has 8 heteroatoms. The zero-order valence-corrected chi connectivity index (χ0v) is 14.5. The Morgan fingerprint density at radius 3 is 2.56 bits per heavy atom. The second-order valence-corrected chi connectivity index (χ2v) is 5.81. The fourth-order valence-corrected chi connectivity index (χ4v) is 2.34. The Labute approximate surface area is 158 Å². The van der Waals surface area contributed by atoms with Crippen LogP contribution in [0, 0.1) is 5.82 Å². The van der Waals surface area contributed by atoms with Crippen molar-refractivity contribution in [3.63, 3.8) is 0 Å². The van der Waals surface area contributed by atoms with E-state index in [1.807, 2.05) is 6.07 Å². The molecule has 2 amide bonds. The van der Waals surface area contributed by atoms with E-state index in [9.17, 15) is 14.0 Å². The summed E-state index contributed by atoms with van der Waals surface area (Å²) in [5, 5.41) is 6.58. The number of hydrazone groups is 1. The fourth-order valence-electron chi connectivity index (χ4n) is 2.15. The molecule has 2 N–H and O–H groups in total. The first-order chi connectivity index (χ1) is 13.0. The monoisotopic (exact) mass is 385 g/mol. The number of furan rings is 1. The van der Waals surface area contributed by atoms with E-state index < -0.39 is 17.6 Å². The average Bonchev–Trinajstić information content (AvgIpc) is 3.12. The Morgan fingerprint density at radius 1 is 1.04 bits per heavy atom. The van der Waals surface area contributed by atoms with Gasteiger partial charge in [0.2, 0.25) is 0 Å². The summed E-state index contributed by atoms with van der Waals surface area (Å²) in [5.41, 5.74) is 3.17. The van der Waals surface area contributed by atoms with Crippen molar-refractivity contribution >= 4 is 35.3 Å². The highest BCUT2D eigenvalue weighted by atomic mass is 35.5. The van der Waals surface area contributed by atoms with Crippen LogP contribution < -0.4 is 10.7 Å². The third-order valence-electron chi connectivity index (χ3n) is 3.40. The van der Waals surface area contributed by atoms with Gasteiger partial charge in [0.25, 0.3) is 0 Å². The maximum Gasteiger partial charge on any atom is 0.329 e. The summed E-state index contributed by atoms with van der Waals surface area (Å²) in [6.07, 6.45) is 1.26. The fraction of sp³-hybridized carbons (Fsp3) is 0. The van der Waals surface area contributed by atoms with Gasteiger partial charge in [-0.05, 0) is 48.5 Å². The van der Waals surface area contributed by atoms with E-state index in [1.165, 1.54) is 30.5 Å². The number of nitrogens with one attached hydrogen (secondary N) is 2. The molecule has 0 aliphatic carbocycles. The Morgan fingerprint density at radius 2 is 1.81 bits per heavy atom. The molecule has 0 aliphatic heterocycles. The molecule has 0 radical (unpaired) electrons. The van der Waals surface area contributed by atoms with E-state index >= 15 is 0 Å². The van der Waals surface area contributed by atoms with Gasteiger partial charge in [-0.1, -0.05) is 23.7 Å². The molecule has 27 heavy (non-hydrogen) atoms. The van der Waals surface area contributed by atoms with Crippen LogP contribution in [-0.2, 0) is 9.59 Å². The topological polar surface area (TPSA) is 83.7 Å². The molecule has 0 aliphatic rings. The van der Waals surface area contributed by atoms with Crippen molar-refractivity contribution in [3.8, 4) is 11.3 Å². The van der Waals surface area contributed by atoms with Crippen LogP contribution in [-0.4, -0.2) is 18.0 Å². The molecule has 3 rings (SSSR count). The lowest BCUT2D eigenvalue weighted by atomic mass is 10.2. The molecular formula is C19H13ClFN3O3. The van der Waals surface area contributed by atoms with Crippen LogP contribution in [0.5, 0.6) is 0 Å². The van der Waals surface area contributed by atoms with Gasteiger partial charge in [0, 0.05) is 16.3 Å². The van der Waals surface area contributed by atoms with Crippen LogP contribution in [0.4, 0.5) is 10.1 Å². The minimum atomic E-state index is -0.975. The molecule has 0 unspecified atom stereocenters. The predicted molar refractivity (Wildman–Crippen MR) is 99.9 cm³/mol. The van der Waals surface area contributed by atoms with Crippen LogP contribution in [0.15, 0.2) is 70.2 Å². The van der Waals surface area contributed by atoms with E-state index in [0.29, 0.717) is 16.5 Å². The van der Waals surface area contributed by atoms with Gasteiger partial charge in [-0.15, -0.1) is 0 Å². The Kier molecular flexibility index (Phi) is 5.63. The van der Waals surface area contributed by atoms with Gasteiger partial charge >= 0.3 is 11.8 Å². The van der Waals surface area contributed by atoms with E-state index in [1.54, 1.807) is 30.3 Å². The molecule has 1 aromatic heterocycles. The van der Waals surface area contributed by atoms with Crippen molar-refractivity contribution in [1.29, 1.82) is 0 Å². The third-order valence-corrected chi connectivity index (χ3v) is 3.64. The number of carbonyl (C=O) groups excluding carboxylic acids is 2. The van der Waals surface area contributed by atoms with Gasteiger partial charge in [-0.3, -0.25) is 9.59 Å². The SMILES string of the molecule is O=C(N/N=C/c1ccc(-c2cccc(Cl)c2)o1)C(=O)Nc1ccc(F)cc1. The summed E-state index contributed by atoms with van der Waals surface area (Å²) >= 11 is 5.94. The molecular weight excluding hydrogens is 373 g/mol. The number of rotatable bonds is 4. The zero-order valence-electron chi connectivity index (χ0n) is 13.8. The molecule has 2 aromatic carbocycles. The highest BCUT2D eigenvalue weighted by Crippen LogP contribution is 2.24. The van der Waals surface area contributed by atoms with E-state index in [2.05, 4.69) is 15.8 Å². The summed E-state index contributed by atoms with van der Waals surface area (Å²) in [5.74, 6) is -1.39. The number of halogens is 2. The molecule has 0 fully saturated rings. The maximum absolute atomic E-state index is 12.8. The van der Waals surface area contributed by atoms with Crippen molar-refractivity contribution in [2.24, 2.45) is 5.10 Å². The average molecular weight is 386 g/mol. The summed E-state index contributed by atoms with van der Waals surface area (Å²) < 4.78 is 18.4. The zero-order chi connectivity index (χ0) is 19.2. The molecule has 0 saturated carbocycles. The van der Waals surface area contributed by atoms with Crippen molar-refractivity contribution < 1.29 is 18.4 Å². The van der Waals surface area contributed by atoms with Crippen LogP contribution in [0.1, 0.15) is 5.76 Å². The lowest BCUT2D eigenvalue weighted by Crippen LogP contribution is -2.32. The minimum absolute atomic E-state index is 0.290. The summed E-state index contributed by atoms with van der Waals surface area (Å²) in [6.45, 7) is 0. The predicted octanol–water partition coefficient (Wildman–Crippen LogP) is 3.83. The quantitative estimate of drug-likeness (QED) is 0.406. The Hall–Kier alpha value is -3.45. The van der Waals surface area contributed by atoms with Crippen LogP contribution in [0.25, 0.3) is 11.3 Å². The molecule has 1 heterocycles. The number of hydrogen-bond donors (Lipinski definition) is 2. The van der Waals surface area contributed by atoms with E-state index in [-0.39, 0.29) is 5.69 Å². The molecule has 136 valence electrons. The molecule has 0 saturated heterocycles. The number of amides is 2. The van der Waals surface area contributed by atoms with Crippen molar-refractivity contribution in [2.45, 2.75) is 0 Å². The lowest BCUT2D eigenvalue weighted by molar-refractivity contribution is -0.136. The van der Waals surface area contributed by atoms with Crippen molar-refractivity contribution in [3.05, 3.63) is 77.3 Å². The third kappa shape index (κ3) is 5.02. The van der Waals surface area contributed by atoms with E-state index in [0.717, 1.165) is 5.56 Å². The summed E-state index contributed by atoms with van der Waals surface area (Å²) in [6, 6.07) is 15.5. The van der Waals surface area contributed by atoms with Gasteiger partial charge in [0.1, 0.15) is 17.3 Å². The first-order valence-electron chi connectivity index (χ1n) is 7.77. The summed E-state index contributed by atoms with van der Waals surface area (Å²) in [7, 11) is 0. The number of hydrogen-bond acceptors (Lipinski definition) is 4. The molecule has 3 aromatic rings. The standard InChI is InChI=1S/C19H13ClFN3O3/c20-13-3-1-2-12(10-13)17-9-8-16(27-17)11-22-24-19(26)18(25)23-15-6-4-14(21)5-7-15/h1-11H,(H,23,25)(H,24,26)/b22-11+. The minimum Gasteiger partial charge on any atom is -0.455 e. The molecule has 6 nitrogen and oxygen atoms in total. The number of benzene rings is 2. The molecule has 0 spiro atoms. The summed E-state index contributed by atoms with van der Waals surface area (Å²) in [4.78, 5) is 23.4. The van der Waals surface area contributed by atoms with E-state index in [4.69, 9.17) is 16.0 Å². The largest absolute Gasteiger partial charge is 0.455 e. The highest BCUT2D eigenvalue weighted by Gasteiger charge is 2.13. The number of anilines is 1. The van der Waals surface area contributed by atoms with Gasteiger partial charge in [0.15, 0.2) is 0 Å². The van der Waals surface area contributed by atoms with Gasteiger partial charge in [-0.2, -0.15) is 5.10 Å². The second-order valence-electron chi connectivity index (χ2n) is 5.37.